The molecule has 0 aliphatic rings. The van der Waals surface area contributed by atoms with Crippen LogP contribution in [0.5, 0.6) is 0 Å². The van der Waals surface area contributed by atoms with E-state index >= 15 is 0 Å². The molecule has 3 nitrogen and oxygen atoms in total. The normalized spacial score (nSPS) is 9.00. The largest absolute Gasteiger partial charge is 0.336 e. The molecule has 0 unspecified atom stereocenters. The minimum atomic E-state index is 0.486. The van der Waals surface area contributed by atoms with Crippen LogP contribution >= 0.6 is 22.6 Å². The zero-order valence-electron chi connectivity index (χ0n) is 4.77. The first-order valence-corrected chi connectivity index (χ1v) is 3.44. The van der Waals surface area contributed by atoms with Crippen molar-refractivity contribution in [3.63, 3.8) is 0 Å². The SMILES string of the molecule is Cc1[nH]c(I)nc1C#N. The number of halogens is 1. The van der Waals surface area contributed by atoms with Crippen molar-refractivity contribution in [2.75, 3.05) is 0 Å². The molecule has 1 aromatic heterocycles. The molecule has 0 aromatic carbocycles. The lowest BCUT2D eigenvalue weighted by Crippen LogP contribution is -1.75. The Balaban J connectivity index is 3.20. The molecule has 0 spiro atoms. The van der Waals surface area contributed by atoms with Crippen LogP contribution in [0.3, 0.4) is 0 Å². The molecule has 0 bridgehead atoms. The van der Waals surface area contributed by atoms with Crippen LogP contribution in [-0.2, 0) is 0 Å². The third-order valence-corrected chi connectivity index (χ3v) is 1.47. The van der Waals surface area contributed by atoms with E-state index in [1.54, 1.807) is 0 Å². The average Bonchev–Trinajstić information content (AvgIpc) is 2.10. The van der Waals surface area contributed by atoms with E-state index in [-0.39, 0.29) is 0 Å². The fourth-order valence-corrected chi connectivity index (χ4v) is 1.18. The monoisotopic (exact) mass is 233 g/mol. The van der Waals surface area contributed by atoms with Crippen molar-refractivity contribution >= 4 is 22.6 Å². The maximum absolute atomic E-state index is 8.40. The number of nitriles is 1. The Hall–Kier alpha value is -0.570. The van der Waals surface area contributed by atoms with Gasteiger partial charge >= 0.3 is 0 Å². The number of aryl methyl sites for hydroxylation is 1. The van der Waals surface area contributed by atoms with Crippen LogP contribution in [0.25, 0.3) is 0 Å². The molecule has 46 valence electrons. The van der Waals surface area contributed by atoms with E-state index in [1.165, 1.54) is 0 Å². The van der Waals surface area contributed by atoms with Gasteiger partial charge in [-0.2, -0.15) is 5.26 Å². The van der Waals surface area contributed by atoms with Crippen LogP contribution in [0.2, 0.25) is 0 Å². The number of nitrogens with zero attached hydrogens (tertiary/aromatic N) is 2. The molecule has 4 heteroatoms. The quantitative estimate of drug-likeness (QED) is 0.684. The highest BCUT2D eigenvalue weighted by Crippen LogP contribution is 2.04. The fraction of sp³-hybridized carbons (Fsp3) is 0.200. The Morgan fingerprint density at radius 3 is 2.67 bits per heavy atom. The number of imidazole rings is 1. The van der Waals surface area contributed by atoms with E-state index in [9.17, 15) is 0 Å². The van der Waals surface area contributed by atoms with Crippen molar-refractivity contribution in [1.82, 2.24) is 9.97 Å². The van der Waals surface area contributed by atoms with Crippen molar-refractivity contribution in [1.29, 1.82) is 5.26 Å². The summed E-state index contributed by atoms with van der Waals surface area (Å²) in [5.74, 6) is 0. The highest BCUT2D eigenvalue weighted by molar-refractivity contribution is 14.1. The fourth-order valence-electron chi connectivity index (χ4n) is 0.533. The van der Waals surface area contributed by atoms with Crippen molar-refractivity contribution in [3.05, 3.63) is 15.2 Å². The molecule has 0 amide bonds. The van der Waals surface area contributed by atoms with E-state index in [4.69, 9.17) is 5.26 Å². The minimum absolute atomic E-state index is 0.486. The number of aromatic nitrogens is 2. The van der Waals surface area contributed by atoms with Crippen LogP contribution in [0.15, 0.2) is 0 Å². The highest BCUT2D eigenvalue weighted by atomic mass is 127. The second-order valence-corrected chi connectivity index (χ2v) is 2.63. The van der Waals surface area contributed by atoms with Gasteiger partial charge in [-0.3, -0.25) is 0 Å². The number of H-pyrrole nitrogens is 1. The van der Waals surface area contributed by atoms with Gasteiger partial charge in [-0.25, -0.2) is 4.98 Å². The third-order valence-electron chi connectivity index (χ3n) is 0.962. The van der Waals surface area contributed by atoms with Crippen molar-refractivity contribution in [2.24, 2.45) is 0 Å². The summed E-state index contributed by atoms with van der Waals surface area (Å²) >= 11 is 2.03. The third kappa shape index (κ3) is 1.21. The second kappa shape index (κ2) is 2.35. The van der Waals surface area contributed by atoms with E-state index < -0.39 is 0 Å². The molecule has 0 fully saturated rings. The maximum atomic E-state index is 8.40. The Morgan fingerprint density at radius 2 is 2.44 bits per heavy atom. The molecule has 0 saturated heterocycles. The zero-order chi connectivity index (χ0) is 6.85. The zero-order valence-corrected chi connectivity index (χ0v) is 6.93. The molecule has 0 saturated carbocycles. The first-order valence-electron chi connectivity index (χ1n) is 2.36. The summed E-state index contributed by atoms with van der Waals surface area (Å²) in [5, 5.41) is 8.40. The van der Waals surface area contributed by atoms with E-state index in [1.807, 2.05) is 35.6 Å². The molecule has 0 radical (unpaired) electrons. The summed E-state index contributed by atoms with van der Waals surface area (Å²) in [4.78, 5) is 6.81. The highest BCUT2D eigenvalue weighted by Gasteiger charge is 2.00. The van der Waals surface area contributed by atoms with Crippen LogP contribution in [0, 0.1) is 22.1 Å². The summed E-state index contributed by atoms with van der Waals surface area (Å²) in [6, 6.07) is 1.97. The standard InChI is InChI=1S/C5H4IN3/c1-3-4(2-7)9-5(6)8-3/h1H3,(H,8,9). The summed E-state index contributed by atoms with van der Waals surface area (Å²) < 4.78 is 0.765. The summed E-state index contributed by atoms with van der Waals surface area (Å²) in [6.45, 7) is 1.83. The predicted octanol–water partition coefficient (Wildman–Crippen LogP) is 1.19. The molecule has 9 heavy (non-hydrogen) atoms. The van der Waals surface area contributed by atoms with Gasteiger partial charge in [-0.1, -0.05) is 0 Å². The van der Waals surface area contributed by atoms with Crippen LogP contribution in [0.4, 0.5) is 0 Å². The number of hydrogen-bond donors (Lipinski definition) is 1. The first-order chi connectivity index (χ1) is 4.24. The Morgan fingerprint density at radius 1 is 1.78 bits per heavy atom. The van der Waals surface area contributed by atoms with Gasteiger partial charge in [0, 0.05) is 0 Å². The molecule has 1 N–H and O–H groups in total. The van der Waals surface area contributed by atoms with Crippen molar-refractivity contribution in [2.45, 2.75) is 6.92 Å². The van der Waals surface area contributed by atoms with Gasteiger partial charge in [-0.05, 0) is 29.5 Å². The Kier molecular flexibility index (Phi) is 1.71. The Bertz CT molecular complexity index is 258. The lowest BCUT2D eigenvalue weighted by molar-refractivity contribution is 1.20. The van der Waals surface area contributed by atoms with Crippen molar-refractivity contribution < 1.29 is 0 Å². The van der Waals surface area contributed by atoms with Gasteiger partial charge in [0.25, 0.3) is 0 Å². The number of aromatic amines is 1. The lowest BCUT2D eigenvalue weighted by Gasteiger charge is -1.76. The van der Waals surface area contributed by atoms with Gasteiger partial charge in [0.15, 0.2) is 9.53 Å². The summed E-state index contributed by atoms with van der Waals surface area (Å²) in [5.41, 5.74) is 1.32. The first kappa shape index (κ1) is 6.55. The van der Waals surface area contributed by atoms with Gasteiger partial charge in [-0.15, -0.1) is 0 Å². The molecule has 0 atom stereocenters. The molecule has 0 aliphatic heterocycles. The lowest BCUT2D eigenvalue weighted by atomic mass is 10.4. The predicted molar refractivity (Wildman–Crippen MR) is 40.8 cm³/mol. The van der Waals surface area contributed by atoms with Crippen molar-refractivity contribution in [3.8, 4) is 6.07 Å². The smallest absolute Gasteiger partial charge is 0.170 e. The number of rotatable bonds is 0. The summed E-state index contributed by atoms with van der Waals surface area (Å²) in [7, 11) is 0. The molecule has 1 aromatic rings. The van der Waals surface area contributed by atoms with Gasteiger partial charge in [0.1, 0.15) is 6.07 Å². The van der Waals surface area contributed by atoms with Crippen LogP contribution in [-0.4, -0.2) is 9.97 Å². The topological polar surface area (TPSA) is 52.5 Å². The number of nitrogens with one attached hydrogen (secondary N) is 1. The van der Waals surface area contributed by atoms with Gasteiger partial charge < -0.3 is 4.98 Å². The molecular formula is C5H4IN3. The molecule has 1 rings (SSSR count). The van der Waals surface area contributed by atoms with Gasteiger partial charge in [0.05, 0.1) is 5.69 Å². The summed E-state index contributed by atoms with van der Waals surface area (Å²) in [6.07, 6.45) is 0. The van der Waals surface area contributed by atoms with E-state index in [0.29, 0.717) is 5.69 Å². The van der Waals surface area contributed by atoms with Gasteiger partial charge in [0.2, 0.25) is 0 Å². The van der Waals surface area contributed by atoms with E-state index in [0.717, 1.165) is 9.53 Å². The molecular weight excluding hydrogens is 229 g/mol. The maximum Gasteiger partial charge on any atom is 0.170 e. The minimum Gasteiger partial charge on any atom is -0.336 e. The second-order valence-electron chi connectivity index (χ2n) is 1.61. The van der Waals surface area contributed by atoms with Crippen LogP contribution < -0.4 is 0 Å². The van der Waals surface area contributed by atoms with Crippen LogP contribution in [0.1, 0.15) is 11.4 Å². The van der Waals surface area contributed by atoms with E-state index in [2.05, 4.69) is 9.97 Å². The average molecular weight is 233 g/mol. The Labute approximate surface area is 66.2 Å². The molecule has 1 heterocycles. The number of hydrogen-bond acceptors (Lipinski definition) is 2. The molecule has 0 aliphatic carbocycles.